The second-order valence-corrected chi connectivity index (χ2v) is 9.05. The highest BCUT2D eigenvalue weighted by Gasteiger charge is 2.12. The minimum atomic E-state index is 0.774. The molecule has 3 heterocycles. The summed E-state index contributed by atoms with van der Waals surface area (Å²) in [5.74, 6) is 1.67. The average Bonchev–Trinajstić information content (AvgIpc) is 2.93. The molecule has 0 amide bonds. The van der Waals surface area contributed by atoms with Gasteiger partial charge in [-0.1, -0.05) is 12.1 Å². The highest BCUT2D eigenvalue weighted by molar-refractivity contribution is 5.96. The predicted octanol–water partition coefficient (Wildman–Crippen LogP) is 4.89. The Morgan fingerprint density at radius 3 is 2.08 bits per heavy atom. The summed E-state index contributed by atoms with van der Waals surface area (Å²) < 4.78 is 5.47. The third-order valence-electron chi connectivity index (χ3n) is 6.51. The van der Waals surface area contributed by atoms with Crippen LogP contribution in [0.15, 0.2) is 73.3 Å². The van der Waals surface area contributed by atoms with Gasteiger partial charge in [0.15, 0.2) is 0 Å². The molecule has 0 radical (unpaired) electrons. The Balaban J connectivity index is 1.33. The summed E-state index contributed by atoms with van der Waals surface area (Å²) >= 11 is 0. The third kappa shape index (κ3) is 4.27. The van der Waals surface area contributed by atoms with Gasteiger partial charge >= 0.3 is 0 Å². The minimum Gasteiger partial charge on any atom is -0.378 e. The number of hydrogen-bond donors (Lipinski definition) is 1. The van der Waals surface area contributed by atoms with Gasteiger partial charge in [-0.2, -0.15) is 0 Å². The average molecular weight is 478 g/mol. The molecule has 6 rings (SSSR count). The summed E-state index contributed by atoms with van der Waals surface area (Å²) in [7, 11) is 3.99. The molecule has 0 spiro atoms. The van der Waals surface area contributed by atoms with Crippen molar-refractivity contribution >= 4 is 44.8 Å². The van der Waals surface area contributed by atoms with Gasteiger partial charge in [-0.05, 0) is 59.7 Å². The number of rotatable bonds is 5. The molecule has 0 bridgehead atoms. The molecule has 36 heavy (non-hydrogen) atoms. The van der Waals surface area contributed by atoms with Crippen LogP contribution >= 0.6 is 0 Å². The Morgan fingerprint density at radius 2 is 1.39 bits per heavy atom. The van der Waals surface area contributed by atoms with E-state index in [9.17, 15) is 0 Å². The summed E-state index contributed by atoms with van der Waals surface area (Å²) in [5, 5.41) is 5.47. The Hall–Kier alpha value is -4.30. The molecule has 0 aliphatic carbocycles. The standard InChI is InChI=1S/C28H27N7O/c1-34(2)28-24-16-20(4-10-26(24)30-18-32-28)19-3-9-25-23(15-19)27(31-17-29-25)33-21-5-7-22(8-6-21)35-11-13-36-14-12-35/h3-10,15-18H,11-14H2,1-2H3,(H,29,31,33). The molecule has 1 fully saturated rings. The van der Waals surface area contributed by atoms with Crippen molar-refractivity contribution in [3.63, 3.8) is 0 Å². The number of anilines is 4. The van der Waals surface area contributed by atoms with Gasteiger partial charge in [0.2, 0.25) is 0 Å². The SMILES string of the molecule is CN(C)c1ncnc2ccc(-c3ccc4ncnc(Nc5ccc(N6CCOCC6)cc5)c4c3)cc12. The minimum absolute atomic E-state index is 0.774. The van der Waals surface area contributed by atoms with Crippen LogP contribution in [-0.4, -0.2) is 60.3 Å². The Kier molecular flexibility index (Phi) is 5.79. The van der Waals surface area contributed by atoms with E-state index in [1.807, 2.05) is 31.1 Å². The lowest BCUT2D eigenvalue weighted by atomic mass is 10.0. The molecular weight excluding hydrogens is 450 g/mol. The summed E-state index contributed by atoms with van der Waals surface area (Å²) in [6, 6.07) is 21.0. The maximum Gasteiger partial charge on any atom is 0.141 e. The highest BCUT2D eigenvalue weighted by atomic mass is 16.5. The molecule has 1 aliphatic rings. The maximum absolute atomic E-state index is 5.47. The van der Waals surface area contributed by atoms with Crippen molar-refractivity contribution in [2.75, 3.05) is 55.5 Å². The van der Waals surface area contributed by atoms with Crippen molar-refractivity contribution < 1.29 is 4.74 Å². The van der Waals surface area contributed by atoms with Gasteiger partial charge < -0.3 is 19.9 Å². The number of benzene rings is 3. The second-order valence-electron chi connectivity index (χ2n) is 9.05. The van der Waals surface area contributed by atoms with Crippen LogP contribution < -0.4 is 15.1 Å². The first-order chi connectivity index (χ1) is 17.7. The first-order valence-electron chi connectivity index (χ1n) is 12.0. The number of nitrogens with zero attached hydrogens (tertiary/aromatic N) is 6. The molecule has 1 N–H and O–H groups in total. The van der Waals surface area contributed by atoms with E-state index in [0.717, 1.165) is 76.6 Å². The van der Waals surface area contributed by atoms with E-state index >= 15 is 0 Å². The van der Waals surface area contributed by atoms with Crippen molar-refractivity contribution in [2.24, 2.45) is 0 Å². The fourth-order valence-corrected chi connectivity index (χ4v) is 4.63. The van der Waals surface area contributed by atoms with E-state index in [4.69, 9.17) is 4.74 Å². The molecule has 5 aromatic rings. The van der Waals surface area contributed by atoms with Gasteiger partial charge in [0, 0.05) is 49.3 Å². The van der Waals surface area contributed by atoms with Crippen molar-refractivity contribution in [2.45, 2.75) is 0 Å². The van der Waals surface area contributed by atoms with Crippen LogP contribution in [0.5, 0.6) is 0 Å². The zero-order valence-corrected chi connectivity index (χ0v) is 20.3. The van der Waals surface area contributed by atoms with Crippen molar-refractivity contribution in [3.05, 3.63) is 73.3 Å². The van der Waals surface area contributed by atoms with Gasteiger partial charge in [-0.3, -0.25) is 0 Å². The van der Waals surface area contributed by atoms with Crippen LogP contribution in [0, 0.1) is 0 Å². The molecule has 8 heteroatoms. The summed E-state index contributed by atoms with van der Waals surface area (Å²) in [5.41, 5.74) is 6.17. The topological polar surface area (TPSA) is 79.3 Å². The van der Waals surface area contributed by atoms with E-state index in [1.165, 1.54) is 5.69 Å². The van der Waals surface area contributed by atoms with E-state index in [1.54, 1.807) is 12.7 Å². The van der Waals surface area contributed by atoms with E-state index in [0.29, 0.717) is 0 Å². The van der Waals surface area contributed by atoms with E-state index in [2.05, 4.69) is 78.7 Å². The molecule has 3 aromatic carbocycles. The Labute approximate surface area is 209 Å². The summed E-state index contributed by atoms with van der Waals surface area (Å²) in [6.07, 6.45) is 3.21. The largest absolute Gasteiger partial charge is 0.378 e. The fourth-order valence-electron chi connectivity index (χ4n) is 4.63. The first kappa shape index (κ1) is 22.2. The molecule has 8 nitrogen and oxygen atoms in total. The van der Waals surface area contributed by atoms with Crippen LogP contribution in [0.4, 0.5) is 23.0 Å². The lowest BCUT2D eigenvalue weighted by Crippen LogP contribution is -2.36. The second kappa shape index (κ2) is 9.39. The molecule has 2 aromatic heterocycles. The van der Waals surface area contributed by atoms with Gasteiger partial charge in [0.1, 0.15) is 24.3 Å². The maximum atomic E-state index is 5.47. The van der Waals surface area contributed by atoms with E-state index < -0.39 is 0 Å². The third-order valence-corrected chi connectivity index (χ3v) is 6.51. The Bertz CT molecular complexity index is 1530. The summed E-state index contributed by atoms with van der Waals surface area (Å²) in [6.45, 7) is 3.39. The van der Waals surface area contributed by atoms with Gasteiger partial charge in [-0.25, -0.2) is 19.9 Å². The van der Waals surface area contributed by atoms with Crippen LogP contribution in [0.2, 0.25) is 0 Å². The quantitative estimate of drug-likeness (QED) is 0.384. The van der Waals surface area contributed by atoms with E-state index in [-0.39, 0.29) is 0 Å². The molecule has 1 aliphatic heterocycles. The Morgan fingerprint density at radius 1 is 0.750 bits per heavy atom. The molecule has 0 atom stereocenters. The highest BCUT2D eigenvalue weighted by Crippen LogP contribution is 2.32. The zero-order valence-electron chi connectivity index (χ0n) is 20.3. The predicted molar refractivity (Wildman–Crippen MR) is 145 cm³/mol. The number of nitrogens with one attached hydrogen (secondary N) is 1. The first-order valence-corrected chi connectivity index (χ1v) is 12.0. The molecule has 0 saturated carbocycles. The summed E-state index contributed by atoms with van der Waals surface area (Å²) in [4.78, 5) is 22.3. The molecule has 0 unspecified atom stereocenters. The monoisotopic (exact) mass is 477 g/mol. The number of aromatic nitrogens is 4. The number of hydrogen-bond acceptors (Lipinski definition) is 8. The zero-order chi connectivity index (χ0) is 24.5. The number of fused-ring (bicyclic) bond motifs is 2. The smallest absolute Gasteiger partial charge is 0.141 e. The van der Waals surface area contributed by atoms with Crippen LogP contribution in [0.1, 0.15) is 0 Å². The number of ether oxygens (including phenoxy) is 1. The number of morpholine rings is 1. The lowest BCUT2D eigenvalue weighted by molar-refractivity contribution is 0.122. The van der Waals surface area contributed by atoms with Crippen LogP contribution in [0.25, 0.3) is 32.9 Å². The van der Waals surface area contributed by atoms with Crippen molar-refractivity contribution in [3.8, 4) is 11.1 Å². The molecule has 1 saturated heterocycles. The van der Waals surface area contributed by atoms with Crippen LogP contribution in [-0.2, 0) is 4.74 Å². The van der Waals surface area contributed by atoms with Crippen molar-refractivity contribution in [1.82, 2.24) is 19.9 Å². The van der Waals surface area contributed by atoms with Crippen LogP contribution in [0.3, 0.4) is 0 Å². The molecular formula is C28H27N7O. The van der Waals surface area contributed by atoms with Gasteiger partial charge in [-0.15, -0.1) is 0 Å². The van der Waals surface area contributed by atoms with Crippen molar-refractivity contribution in [1.29, 1.82) is 0 Å². The van der Waals surface area contributed by atoms with Gasteiger partial charge in [0.05, 0.1) is 24.2 Å². The normalized spacial score (nSPS) is 13.8. The lowest BCUT2D eigenvalue weighted by Gasteiger charge is -2.28. The molecule has 180 valence electrons. The fraction of sp³-hybridized carbons (Fsp3) is 0.214. The van der Waals surface area contributed by atoms with Gasteiger partial charge in [0.25, 0.3) is 0 Å².